The Morgan fingerprint density at radius 2 is 2.18 bits per heavy atom. The second kappa shape index (κ2) is 5.38. The highest BCUT2D eigenvalue weighted by Gasteiger charge is 2.12. The fraction of sp³-hybridized carbons (Fsp3) is 0.231. The molecule has 0 saturated heterocycles. The Labute approximate surface area is 104 Å². The van der Waals surface area contributed by atoms with Crippen LogP contribution in [0.3, 0.4) is 0 Å². The van der Waals surface area contributed by atoms with Crippen molar-refractivity contribution in [3.05, 3.63) is 47.7 Å². The summed E-state index contributed by atoms with van der Waals surface area (Å²) in [7, 11) is 1.85. The summed E-state index contributed by atoms with van der Waals surface area (Å²) in [6, 6.07) is 7.00. The van der Waals surface area contributed by atoms with Crippen LogP contribution in [-0.2, 0) is 6.54 Å². The molecule has 0 spiro atoms. The van der Waals surface area contributed by atoms with Crippen molar-refractivity contribution in [2.45, 2.75) is 23.3 Å². The second-order valence-corrected chi connectivity index (χ2v) is 4.75. The summed E-state index contributed by atoms with van der Waals surface area (Å²) in [5, 5.41) is 3.04. The molecular formula is C13H14FNOS. The average molecular weight is 251 g/mol. The van der Waals surface area contributed by atoms with Gasteiger partial charge in [-0.05, 0) is 31.7 Å². The van der Waals surface area contributed by atoms with E-state index < -0.39 is 0 Å². The number of hydrogen-bond donors (Lipinski definition) is 1. The summed E-state index contributed by atoms with van der Waals surface area (Å²) in [5.74, 6) is 0.622. The number of furan rings is 1. The molecule has 0 atom stereocenters. The highest BCUT2D eigenvalue weighted by Crippen LogP contribution is 2.34. The van der Waals surface area contributed by atoms with E-state index in [4.69, 9.17) is 4.42 Å². The van der Waals surface area contributed by atoms with Crippen LogP contribution in [0.2, 0.25) is 0 Å². The van der Waals surface area contributed by atoms with Gasteiger partial charge in [-0.25, -0.2) is 4.39 Å². The first-order valence-electron chi connectivity index (χ1n) is 5.36. The van der Waals surface area contributed by atoms with Crippen molar-refractivity contribution in [1.29, 1.82) is 0 Å². The Balaban J connectivity index is 2.34. The summed E-state index contributed by atoms with van der Waals surface area (Å²) in [5.41, 5.74) is 0.957. The lowest BCUT2D eigenvalue weighted by Gasteiger charge is -2.09. The van der Waals surface area contributed by atoms with E-state index in [0.717, 1.165) is 16.2 Å². The van der Waals surface area contributed by atoms with E-state index in [2.05, 4.69) is 5.32 Å². The van der Waals surface area contributed by atoms with Crippen LogP contribution in [0.4, 0.5) is 4.39 Å². The lowest BCUT2D eigenvalue weighted by Crippen LogP contribution is -2.06. The first-order valence-corrected chi connectivity index (χ1v) is 6.18. The SMILES string of the molecule is CNCc1cccc(F)c1Sc1ccoc1C. The minimum absolute atomic E-state index is 0.191. The molecule has 90 valence electrons. The molecule has 0 aliphatic rings. The predicted octanol–water partition coefficient (Wildman–Crippen LogP) is 3.60. The van der Waals surface area contributed by atoms with Gasteiger partial charge in [0, 0.05) is 6.54 Å². The van der Waals surface area contributed by atoms with Crippen molar-refractivity contribution >= 4 is 11.8 Å². The molecule has 17 heavy (non-hydrogen) atoms. The maximum atomic E-state index is 13.8. The van der Waals surface area contributed by atoms with E-state index in [9.17, 15) is 4.39 Å². The molecular weight excluding hydrogens is 237 g/mol. The Bertz CT molecular complexity index is 510. The fourth-order valence-corrected chi connectivity index (χ4v) is 2.56. The van der Waals surface area contributed by atoms with Crippen LogP contribution >= 0.6 is 11.8 Å². The summed E-state index contributed by atoms with van der Waals surface area (Å²) < 4.78 is 19.0. The first-order chi connectivity index (χ1) is 8.22. The largest absolute Gasteiger partial charge is 0.468 e. The molecule has 4 heteroatoms. The third-order valence-electron chi connectivity index (χ3n) is 2.44. The zero-order valence-corrected chi connectivity index (χ0v) is 10.6. The molecule has 2 aromatic rings. The zero-order chi connectivity index (χ0) is 12.3. The molecule has 2 rings (SSSR count). The summed E-state index contributed by atoms with van der Waals surface area (Å²) >= 11 is 1.41. The van der Waals surface area contributed by atoms with E-state index in [-0.39, 0.29) is 5.82 Å². The predicted molar refractivity (Wildman–Crippen MR) is 66.7 cm³/mol. The number of hydrogen-bond acceptors (Lipinski definition) is 3. The van der Waals surface area contributed by atoms with Gasteiger partial charge < -0.3 is 9.73 Å². The van der Waals surface area contributed by atoms with Crippen LogP contribution in [0, 0.1) is 12.7 Å². The maximum Gasteiger partial charge on any atom is 0.137 e. The summed E-state index contributed by atoms with van der Waals surface area (Å²) in [6.45, 7) is 2.53. The van der Waals surface area contributed by atoms with Gasteiger partial charge in [0.25, 0.3) is 0 Å². The van der Waals surface area contributed by atoms with Crippen LogP contribution in [0.25, 0.3) is 0 Å². The molecule has 0 saturated carbocycles. The lowest BCUT2D eigenvalue weighted by atomic mass is 10.2. The first kappa shape index (κ1) is 12.2. The van der Waals surface area contributed by atoms with Gasteiger partial charge in [0.05, 0.1) is 16.1 Å². The zero-order valence-electron chi connectivity index (χ0n) is 9.79. The number of aryl methyl sites for hydroxylation is 1. The van der Waals surface area contributed by atoms with Gasteiger partial charge >= 0.3 is 0 Å². The normalized spacial score (nSPS) is 10.8. The minimum Gasteiger partial charge on any atom is -0.468 e. The van der Waals surface area contributed by atoms with Crippen LogP contribution in [0.1, 0.15) is 11.3 Å². The minimum atomic E-state index is -0.191. The van der Waals surface area contributed by atoms with Gasteiger partial charge in [-0.2, -0.15) is 0 Å². The van der Waals surface area contributed by atoms with E-state index >= 15 is 0 Å². The van der Waals surface area contributed by atoms with Gasteiger partial charge in [0.15, 0.2) is 0 Å². The monoisotopic (exact) mass is 251 g/mol. The molecule has 0 radical (unpaired) electrons. The van der Waals surface area contributed by atoms with Gasteiger partial charge in [-0.1, -0.05) is 23.9 Å². The molecule has 0 unspecified atom stereocenters. The van der Waals surface area contributed by atoms with E-state index in [1.807, 2.05) is 26.1 Å². The van der Waals surface area contributed by atoms with Gasteiger partial charge in [-0.15, -0.1) is 0 Å². The third kappa shape index (κ3) is 2.70. The number of nitrogens with one attached hydrogen (secondary N) is 1. The molecule has 0 fully saturated rings. The second-order valence-electron chi connectivity index (χ2n) is 3.70. The van der Waals surface area contributed by atoms with E-state index in [0.29, 0.717) is 11.4 Å². The van der Waals surface area contributed by atoms with Crippen LogP contribution in [-0.4, -0.2) is 7.05 Å². The standard InChI is InChI=1S/C13H14FNOS/c1-9-12(6-7-16-9)17-13-10(8-15-2)4-3-5-11(13)14/h3-7,15H,8H2,1-2H3. The summed E-state index contributed by atoms with van der Waals surface area (Å²) in [6.07, 6.45) is 1.62. The van der Waals surface area contributed by atoms with Crippen molar-refractivity contribution in [2.75, 3.05) is 7.05 Å². The van der Waals surface area contributed by atoms with Crippen molar-refractivity contribution in [2.24, 2.45) is 0 Å². The molecule has 0 aliphatic carbocycles. The topological polar surface area (TPSA) is 25.2 Å². The molecule has 1 heterocycles. The molecule has 2 nitrogen and oxygen atoms in total. The molecule has 0 bridgehead atoms. The van der Waals surface area contributed by atoms with Crippen molar-refractivity contribution in [3.63, 3.8) is 0 Å². The van der Waals surface area contributed by atoms with E-state index in [1.165, 1.54) is 17.8 Å². The third-order valence-corrected chi connectivity index (χ3v) is 3.74. The summed E-state index contributed by atoms with van der Waals surface area (Å²) in [4.78, 5) is 1.61. The van der Waals surface area contributed by atoms with Crippen LogP contribution in [0.15, 0.2) is 44.7 Å². The van der Waals surface area contributed by atoms with Crippen LogP contribution < -0.4 is 5.32 Å². The van der Waals surface area contributed by atoms with Gasteiger partial charge in [0.1, 0.15) is 11.6 Å². The van der Waals surface area contributed by atoms with Gasteiger partial charge in [0.2, 0.25) is 0 Å². The van der Waals surface area contributed by atoms with Crippen LogP contribution in [0.5, 0.6) is 0 Å². The smallest absolute Gasteiger partial charge is 0.137 e. The highest BCUT2D eigenvalue weighted by atomic mass is 32.2. The Morgan fingerprint density at radius 1 is 1.35 bits per heavy atom. The van der Waals surface area contributed by atoms with Crippen molar-refractivity contribution in [3.8, 4) is 0 Å². The molecule has 0 aliphatic heterocycles. The fourth-order valence-electron chi connectivity index (χ4n) is 1.59. The molecule has 1 N–H and O–H groups in total. The maximum absolute atomic E-state index is 13.8. The number of rotatable bonds is 4. The number of halogens is 1. The average Bonchev–Trinajstić information content (AvgIpc) is 2.70. The van der Waals surface area contributed by atoms with Crippen molar-refractivity contribution in [1.82, 2.24) is 5.32 Å². The Kier molecular flexibility index (Phi) is 3.86. The molecule has 0 amide bonds. The highest BCUT2D eigenvalue weighted by molar-refractivity contribution is 7.99. The van der Waals surface area contributed by atoms with E-state index in [1.54, 1.807) is 12.3 Å². The Hall–Kier alpha value is -1.26. The molecule has 1 aromatic heterocycles. The van der Waals surface area contributed by atoms with Crippen molar-refractivity contribution < 1.29 is 8.81 Å². The lowest BCUT2D eigenvalue weighted by molar-refractivity contribution is 0.526. The van der Waals surface area contributed by atoms with Gasteiger partial charge in [-0.3, -0.25) is 0 Å². The quantitative estimate of drug-likeness (QED) is 0.898. The Morgan fingerprint density at radius 3 is 2.82 bits per heavy atom. The molecule has 1 aromatic carbocycles. The number of benzene rings is 1.